The fourth-order valence-electron chi connectivity index (χ4n) is 2.19. The SMILES string of the molecule is CN(C)C(=O)C[C@@H](CSc1ccccc1)NC(=O)OCc1ccccc1. The second-order valence-electron chi connectivity index (χ2n) is 6.02. The maximum absolute atomic E-state index is 12.1. The van der Waals surface area contributed by atoms with Gasteiger partial charge in [0.25, 0.3) is 0 Å². The Kier molecular flexibility index (Phi) is 8.02. The van der Waals surface area contributed by atoms with Crippen molar-refractivity contribution in [3.05, 3.63) is 66.2 Å². The van der Waals surface area contributed by atoms with Crippen LogP contribution in [0.2, 0.25) is 0 Å². The van der Waals surface area contributed by atoms with E-state index in [1.54, 1.807) is 25.9 Å². The first-order valence-corrected chi connectivity index (χ1v) is 9.38. The minimum absolute atomic E-state index is 0.0352. The monoisotopic (exact) mass is 372 g/mol. The van der Waals surface area contributed by atoms with E-state index in [1.807, 2.05) is 60.7 Å². The van der Waals surface area contributed by atoms with Gasteiger partial charge in [0.1, 0.15) is 6.61 Å². The summed E-state index contributed by atoms with van der Waals surface area (Å²) < 4.78 is 5.27. The van der Waals surface area contributed by atoms with Gasteiger partial charge in [-0.25, -0.2) is 4.79 Å². The zero-order valence-corrected chi connectivity index (χ0v) is 15.9. The molecule has 0 heterocycles. The highest BCUT2D eigenvalue weighted by molar-refractivity contribution is 7.99. The van der Waals surface area contributed by atoms with E-state index in [4.69, 9.17) is 4.74 Å². The summed E-state index contributed by atoms with van der Waals surface area (Å²) in [6.07, 6.45) is -0.285. The molecule has 0 aliphatic rings. The van der Waals surface area contributed by atoms with Gasteiger partial charge in [-0.3, -0.25) is 4.79 Å². The lowest BCUT2D eigenvalue weighted by atomic mass is 10.2. The van der Waals surface area contributed by atoms with E-state index in [9.17, 15) is 9.59 Å². The van der Waals surface area contributed by atoms with Crippen LogP contribution in [0.4, 0.5) is 4.79 Å². The normalized spacial score (nSPS) is 11.5. The Morgan fingerprint density at radius 3 is 2.27 bits per heavy atom. The number of nitrogens with one attached hydrogen (secondary N) is 1. The van der Waals surface area contributed by atoms with Gasteiger partial charge in [0.15, 0.2) is 0 Å². The summed E-state index contributed by atoms with van der Waals surface area (Å²) in [5.41, 5.74) is 0.919. The van der Waals surface area contributed by atoms with Crippen LogP contribution in [0.3, 0.4) is 0 Å². The third-order valence-electron chi connectivity index (χ3n) is 3.65. The predicted molar refractivity (Wildman–Crippen MR) is 104 cm³/mol. The molecule has 0 aliphatic heterocycles. The number of alkyl carbamates (subject to hydrolysis) is 1. The molecule has 0 aromatic heterocycles. The lowest BCUT2D eigenvalue weighted by Gasteiger charge is -2.20. The van der Waals surface area contributed by atoms with Crippen LogP contribution in [0.5, 0.6) is 0 Å². The van der Waals surface area contributed by atoms with Gasteiger partial charge in [0, 0.05) is 31.2 Å². The van der Waals surface area contributed by atoms with Crippen molar-refractivity contribution < 1.29 is 14.3 Å². The first kappa shape index (κ1) is 19.8. The lowest BCUT2D eigenvalue weighted by molar-refractivity contribution is -0.129. The first-order valence-electron chi connectivity index (χ1n) is 8.40. The molecule has 26 heavy (non-hydrogen) atoms. The van der Waals surface area contributed by atoms with Crippen molar-refractivity contribution in [2.75, 3.05) is 19.8 Å². The molecular weight excluding hydrogens is 348 g/mol. The van der Waals surface area contributed by atoms with Crippen molar-refractivity contribution in [1.82, 2.24) is 10.2 Å². The van der Waals surface area contributed by atoms with Crippen LogP contribution in [-0.4, -0.2) is 42.8 Å². The predicted octanol–water partition coefficient (Wildman–Crippen LogP) is 3.55. The molecule has 2 rings (SSSR count). The quantitative estimate of drug-likeness (QED) is 0.720. The number of carbonyl (C=O) groups excluding carboxylic acids is 2. The Balaban J connectivity index is 1.89. The Hall–Kier alpha value is -2.47. The van der Waals surface area contributed by atoms with E-state index >= 15 is 0 Å². The summed E-state index contributed by atoms with van der Waals surface area (Å²) >= 11 is 1.60. The summed E-state index contributed by atoms with van der Waals surface area (Å²) in [7, 11) is 3.41. The summed E-state index contributed by atoms with van der Waals surface area (Å²) in [6, 6.07) is 19.1. The van der Waals surface area contributed by atoms with Crippen LogP contribution in [0.25, 0.3) is 0 Å². The molecule has 2 aromatic rings. The van der Waals surface area contributed by atoms with E-state index in [1.165, 1.54) is 4.90 Å². The van der Waals surface area contributed by atoms with Crippen molar-refractivity contribution in [2.24, 2.45) is 0 Å². The second-order valence-corrected chi connectivity index (χ2v) is 7.11. The van der Waals surface area contributed by atoms with Crippen LogP contribution in [-0.2, 0) is 16.1 Å². The van der Waals surface area contributed by atoms with Crippen molar-refractivity contribution >= 4 is 23.8 Å². The first-order chi connectivity index (χ1) is 12.5. The summed E-state index contributed by atoms with van der Waals surface area (Å²) in [4.78, 5) is 26.8. The second kappa shape index (κ2) is 10.5. The highest BCUT2D eigenvalue weighted by atomic mass is 32.2. The Labute approximate surface area is 158 Å². The van der Waals surface area contributed by atoms with E-state index in [0.29, 0.717) is 5.75 Å². The summed E-state index contributed by atoms with van der Waals surface area (Å²) in [6.45, 7) is 0.201. The summed E-state index contributed by atoms with van der Waals surface area (Å²) in [5, 5.41) is 2.81. The highest BCUT2D eigenvalue weighted by Gasteiger charge is 2.19. The number of amides is 2. The van der Waals surface area contributed by atoms with Gasteiger partial charge >= 0.3 is 6.09 Å². The Morgan fingerprint density at radius 1 is 1.04 bits per heavy atom. The minimum Gasteiger partial charge on any atom is -0.445 e. The zero-order chi connectivity index (χ0) is 18.8. The van der Waals surface area contributed by atoms with Crippen molar-refractivity contribution in [3.8, 4) is 0 Å². The molecule has 0 saturated carbocycles. The molecule has 0 fully saturated rings. The number of hydrogen-bond acceptors (Lipinski definition) is 4. The standard InChI is InChI=1S/C20H24N2O3S/c1-22(2)19(23)13-17(15-26-18-11-7-4-8-12-18)21-20(24)25-14-16-9-5-3-6-10-16/h3-12,17H,13-15H2,1-2H3,(H,21,24)/t17-/m0/s1. The zero-order valence-electron chi connectivity index (χ0n) is 15.1. The smallest absolute Gasteiger partial charge is 0.407 e. The topological polar surface area (TPSA) is 58.6 Å². The molecular formula is C20H24N2O3S. The van der Waals surface area contributed by atoms with Gasteiger partial charge in [0.05, 0.1) is 6.04 Å². The molecule has 2 amide bonds. The van der Waals surface area contributed by atoms with Crippen molar-refractivity contribution in [2.45, 2.75) is 24.0 Å². The molecule has 5 nitrogen and oxygen atoms in total. The van der Waals surface area contributed by atoms with Crippen molar-refractivity contribution in [3.63, 3.8) is 0 Å². The number of carbonyl (C=O) groups is 2. The molecule has 0 aliphatic carbocycles. The lowest BCUT2D eigenvalue weighted by Crippen LogP contribution is -2.40. The fourth-order valence-corrected chi connectivity index (χ4v) is 3.13. The minimum atomic E-state index is -0.515. The van der Waals surface area contributed by atoms with Gasteiger partial charge < -0.3 is 15.0 Å². The number of rotatable bonds is 8. The fraction of sp³-hybridized carbons (Fsp3) is 0.300. The van der Waals surface area contributed by atoms with E-state index in [2.05, 4.69) is 5.32 Å². The number of hydrogen-bond donors (Lipinski definition) is 1. The maximum Gasteiger partial charge on any atom is 0.407 e. The van der Waals surface area contributed by atoms with Crippen LogP contribution < -0.4 is 5.32 Å². The molecule has 0 unspecified atom stereocenters. The van der Waals surface area contributed by atoms with Crippen LogP contribution in [0.1, 0.15) is 12.0 Å². The third-order valence-corrected chi connectivity index (χ3v) is 4.82. The highest BCUT2D eigenvalue weighted by Crippen LogP contribution is 2.19. The average Bonchev–Trinajstić information content (AvgIpc) is 2.66. The molecule has 138 valence electrons. The molecule has 0 bridgehead atoms. The van der Waals surface area contributed by atoms with Gasteiger partial charge in [-0.15, -0.1) is 11.8 Å². The van der Waals surface area contributed by atoms with E-state index in [-0.39, 0.29) is 25.0 Å². The van der Waals surface area contributed by atoms with Gasteiger partial charge in [0.2, 0.25) is 5.91 Å². The van der Waals surface area contributed by atoms with Crippen LogP contribution in [0.15, 0.2) is 65.6 Å². The molecule has 2 aromatic carbocycles. The molecule has 1 N–H and O–H groups in total. The average molecular weight is 372 g/mol. The molecule has 1 atom stereocenters. The van der Waals surface area contributed by atoms with Gasteiger partial charge in [-0.05, 0) is 17.7 Å². The molecule has 0 spiro atoms. The van der Waals surface area contributed by atoms with Gasteiger partial charge in [-0.1, -0.05) is 48.5 Å². The number of benzene rings is 2. The Bertz CT molecular complexity index is 693. The molecule has 0 radical (unpaired) electrons. The molecule has 6 heteroatoms. The number of thioether (sulfide) groups is 1. The van der Waals surface area contributed by atoms with Gasteiger partial charge in [-0.2, -0.15) is 0 Å². The van der Waals surface area contributed by atoms with E-state index in [0.717, 1.165) is 10.5 Å². The van der Waals surface area contributed by atoms with Crippen molar-refractivity contribution in [1.29, 1.82) is 0 Å². The van der Waals surface area contributed by atoms with Crippen LogP contribution >= 0.6 is 11.8 Å². The molecule has 0 saturated heterocycles. The summed E-state index contributed by atoms with van der Waals surface area (Å²) in [5.74, 6) is 0.552. The number of nitrogens with zero attached hydrogens (tertiary/aromatic N) is 1. The maximum atomic E-state index is 12.1. The largest absolute Gasteiger partial charge is 0.445 e. The van der Waals surface area contributed by atoms with Crippen LogP contribution in [0, 0.1) is 0 Å². The number of ether oxygens (including phenoxy) is 1. The third kappa shape index (κ3) is 7.19. The van der Waals surface area contributed by atoms with E-state index < -0.39 is 6.09 Å². The Morgan fingerprint density at radius 2 is 1.65 bits per heavy atom.